The molecule has 6 aromatic rings. The molecule has 234 valence electrons. The van der Waals surface area contributed by atoms with Crippen LogP contribution >= 0.6 is 0 Å². The summed E-state index contributed by atoms with van der Waals surface area (Å²) in [6.07, 6.45) is 16.1. The molecule has 0 amide bonds. The quantitative estimate of drug-likeness (QED) is 0.117. The van der Waals surface area contributed by atoms with Crippen molar-refractivity contribution in [2.75, 3.05) is 0 Å². The number of hydrogen-bond acceptors (Lipinski definition) is 4. The first-order valence-electron chi connectivity index (χ1n) is 15.7. The predicted octanol–water partition coefficient (Wildman–Crippen LogP) is 9.15. The molecule has 0 atom stereocenters. The van der Waals surface area contributed by atoms with E-state index < -0.39 is 0 Å². The summed E-state index contributed by atoms with van der Waals surface area (Å²) in [5.41, 5.74) is 15.7. The van der Waals surface area contributed by atoms with Crippen LogP contribution in [0, 0.1) is 0 Å². The second-order valence-corrected chi connectivity index (χ2v) is 11.8. The number of rotatable bonds is 0. The van der Waals surface area contributed by atoms with Crippen molar-refractivity contribution in [2.24, 2.45) is 0 Å². The van der Waals surface area contributed by atoms with Crippen molar-refractivity contribution in [2.45, 2.75) is 0 Å². The second kappa shape index (κ2) is 14.2. The largest absolute Gasteiger partial charge is 2.00 e. The van der Waals surface area contributed by atoms with E-state index in [0.717, 1.165) is 89.7 Å². The van der Waals surface area contributed by atoms with Gasteiger partial charge in [-0.05, 0) is 146 Å². The van der Waals surface area contributed by atoms with Crippen LogP contribution in [0.3, 0.4) is 0 Å². The molecule has 0 spiro atoms. The Kier molecular flexibility index (Phi) is 9.41. The summed E-state index contributed by atoms with van der Waals surface area (Å²) in [5.74, 6) is 0. The summed E-state index contributed by atoms with van der Waals surface area (Å²) in [6.45, 7) is 0. The molecule has 8 nitrogen and oxygen atoms in total. The molecule has 4 aliphatic rings. The van der Waals surface area contributed by atoms with E-state index >= 15 is 0 Å². The van der Waals surface area contributed by atoms with E-state index in [1.165, 1.54) is 0 Å². The fourth-order valence-corrected chi connectivity index (χ4v) is 5.89. The minimum Gasteiger partial charge on any atom is -1.00 e. The molecule has 10 heteroatoms. The van der Waals surface area contributed by atoms with Gasteiger partial charge in [0.1, 0.15) is 0 Å². The fourth-order valence-electron chi connectivity index (χ4n) is 5.89. The summed E-state index contributed by atoms with van der Waals surface area (Å²) in [4.78, 5) is 32.0. The van der Waals surface area contributed by atoms with E-state index in [-0.39, 0.29) is 45.4 Å². The Balaban J connectivity index is 0.000000187. The number of fused-ring (bicyclic) bond motifs is 16. The number of H-pyrrole nitrogens is 4. The molecular formula is C40H30MgN8Zn. The molecule has 6 aromatic heterocycles. The molecule has 0 aromatic carbocycles. The van der Waals surface area contributed by atoms with Crippen LogP contribution in [0.1, 0.15) is 48.4 Å². The predicted molar refractivity (Wildman–Crippen MR) is 206 cm³/mol. The van der Waals surface area contributed by atoms with Gasteiger partial charge >= 0.3 is 23.1 Å². The van der Waals surface area contributed by atoms with Crippen molar-refractivity contribution in [3.63, 3.8) is 0 Å². The van der Waals surface area contributed by atoms with Crippen molar-refractivity contribution >= 4 is 116 Å². The number of aromatic amines is 4. The van der Waals surface area contributed by atoms with E-state index in [1.807, 2.05) is 85.0 Å². The molecule has 4 aliphatic heterocycles. The third kappa shape index (κ3) is 7.58. The first kappa shape index (κ1) is 33.1. The van der Waals surface area contributed by atoms with Crippen molar-refractivity contribution in [1.82, 2.24) is 39.9 Å². The standard InChI is InChI=1S/2C20H14N4.Mg.Zn.2H/c2*1-2-14-10-16-5-6-18(23-16)12-20-8-7-19(24-20)11-17-4-3-15(22-17)9-13(1)21-14;;;;/h2*1-12,21-22H;;;;/q;;+2;;2*-1. The average Bonchev–Trinajstić information content (AvgIpc) is 3.91. The number of hydrogen-bond donors (Lipinski definition) is 4. The maximum absolute atomic E-state index is 4.62. The van der Waals surface area contributed by atoms with Crippen molar-refractivity contribution in [1.29, 1.82) is 0 Å². The van der Waals surface area contributed by atoms with Gasteiger partial charge in [0.25, 0.3) is 0 Å². The maximum Gasteiger partial charge on any atom is 2.00 e. The van der Waals surface area contributed by atoms with Crippen LogP contribution in [0.15, 0.2) is 97.1 Å². The molecule has 16 bridgehead atoms. The Morgan fingerprint density at radius 3 is 0.680 bits per heavy atom. The molecule has 50 heavy (non-hydrogen) atoms. The van der Waals surface area contributed by atoms with Gasteiger partial charge in [-0.25, -0.2) is 19.9 Å². The molecule has 0 fully saturated rings. The van der Waals surface area contributed by atoms with Gasteiger partial charge in [0, 0.05) is 63.6 Å². The third-order valence-electron chi connectivity index (χ3n) is 8.08. The minimum atomic E-state index is 0. The molecule has 10 rings (SSSR count). The van der Waals surface area contributed by atoms with Gasteiger partial charge in [0.15, 0.2) is 0 Å². The Bertz CT molecular complexity index is 2350. The number of nitrogens with zero attached hydrogens (tertiary/aromatic N) is 4. The molecule has 0 aliphatic carbocycles. The van der Waals surface area contributed by atoms with Gasteiger partial charge in [-0.15, -0.1) is 0 Å². The number of nitrogens with one attached hydrogen (secondary N) is 4. The zero-order valence-electron chi connectivity index (χ0n) is 29.1. The SMILES string of the molecule is C1=Cc2cc3ccc(cc4ccc(cc5nc(cc1n2)C=C5)[nH]4)[nH]3.C1=Cc2cc3ccc(cc4ccc(cc5nc(cc1n2)C=C5)[nH]4)[nH]3.[H-].[H-].[Mg+2].[Zn]. The van der Waals surface area contributed by atoms with Gasteiger partial charge in [-0.1, -0.05) is 0 Å². The van der Waals surface area contributed by atoms with Crippen molar-refractivity contribution < 1.29 is 22.3 Å². The van der Waals surface area contributed by atoms with E-state index in [4.69, 9.17) is 0 Å². The summed E-state index contributed by atoms with van der Waals surface area (Å²) < 4.78 is 0. The summed E-state index contributed by atoms with van der Waals surface area (Å²) >= 11 is 0. The van der Waals surface area contributed by atoms with Crippen molar-refractivity contribution in [3.8, 4) is 0 Å². The molecule has 10 heterocycles. The molecule has 0 radical (unpaired) electrons. The van der Waals surface area contributed by atoms with Crippen LogP contribution in [0.5, 0.6) is 0 Å². The fraction of sp³-hybridized carbons (Fsp3) is 0. The normalized spacial score (nSPS) is 12.2. The third-order valence-corrected chi connectivity index (χ3v) is 8.08. The van der Waals surface area contributed by atoms with Crippen LogP contribution in [0.25, 0.3) is 92.7 Å². The smallest absolute Gasteiger partial charge is 1.00 e. The molecular weight excluding hydrogens is 682 g/mol. The van der Waals surface area contributed by atoms with Crippen LogP contribution in [0.4, 0.5) is 0 Å². The zero-order valence-corrected chi connectivity index (χ0v) is 31.4. The first-order valence-corrected chi connectivity index (χ1v) is 15.7. The van der Waals surface area contributed by atoms with Crippen LogP contribution < -0.4 is 0 Å². The van der Waals surface area contributed by atoms with E-state index in [1.54, 1.807) is 0 Å². The van der Waals surface area contributed by atoms with E-state index in [9.17, 15) is 0 Å². The maximum atomic E-state index is 4.62. The minimum absolute atomic E-state index is 0. The zero-order chi connectivity index (χ0) is 31.9. The summed E-state index contributed by atoms with van der Waals surface area (Å²) in [7, 11) is 0. The van der Waals surface area contributed by atoms with Crippen LogP contribution in [-0.2, 0) is 19.5 Å². The molecule has 0 saturated heterocycles. The van der Waals surface area contributed by atoms with Crippen LogP contribution in [0.2, 0.25) is 0 Å². The Hall–Kier alpha value is -5.41. The van der Waals surface area contributed by atoms with Crippen molar-refractivity contribution in [3.05, 3.63) is 143 Å². The van der Waals surface area contributed by atoms with Gasteiger partial charge in [0.05, 0.1) is 45.6 Å². The number of aromatic nitrogens is 8. The van der Waals surface area contributed by atoms with Gasteiger partial charge in [0.2, 0.25) is 0 Å². The van der Waals surface area contributed by atoms with Gasteiger partial charge < -0.3 is 22.8 Å². The Morgan fingerprint density at radius 1 is 0.280 bits per heavy atom. The molecule has 4 N–H and O–H groups in total. The van der Waals surface area contributed by atoms with Crippen LogP contribution in [-0.4, -0.2) is 62.9 Å². The Labute approximate surface area is 318 Å². The van der Waals surface area contributed by atoms with E-state index in [2.05, 4.69) is 101 Å². The molecule has 0 saturated carbocycles. The summed E-state index contributed by atoms with van der Waals surface area (Å²) in [5, 5.41) is 0. The topological polar surface area (TPSA) is 115 Å². The average molecular weight is 712 g/mol. The monoisotopic (exact) mass is 710 g/mol. The second-order valence-electron chi connectivity index (χ2n) is 11.8. The molecule has 0 unspecified atom stereocenters. The Morgan fingerprint density at radius 2 is 0.460 bits per heavy atom. The van der Waals surface area contributed by atoms with Gasteiger partial charge in [-0.2, -0.15) is 0 Å². The summed E-state index contributed by atoms with van der Waals surface area (Å²) in [6, 6.07) is 32.8. The van der Waals surface area contributed by atoms with E-state index in [0.29, 0.717) is 0 Å². The van der Waals surface area contributed by atoms with Gasteiger partial charge in [-0.3, -0.25) is 0 Å². The first-order chi connectivity index (χ1) is 23.6.